The molecule has 160 valence electrons. The highest BCUT2D eigenvalue weighted by Crippen LogP contribution is 2.31. The van der Waals surface area contributed by atoms with E-state index in [1.54, 1.807) is 18.2 Å². The van der Waals surface area contributed by atoms with Crippen LogP contribution in [-0.4, -0.2) is 43.5 Å². The van der Waals surface area contributed by atoms with Gasteiger partial charge in [0.2, 0.25) is 0 Å². The number of aromatic carboxylic acids is 1. The van der Waals surface area contributed by atoms with Gasteiger partial charge in [-0.15, -0.1) is 0 Å². The summed E-state index contributed by atoms with van der Waals surface area (Å²) in [7, 11) is 0. The Morgan fingerprint density at radius 2 is 1.71 bits per heavy atom. The number of pyridine rings is 1. The molecule has 4 rings (SSSR count). The molecule has 4 aromatic rings. The van der Waals surface area contributed by atoms with Gasteiger partial charge in [0.25, 0.3) is 0 Å². The van der Waals surface area contributed by atoms with Gasteiger partial charge >= 0.3 is 18.1 Å². The minimum absolute atomic E-state index is 0.0220. The molecule has 31 heavy (non-hydrogen) atoms. The van der Waals surface area contributed by atoms with Crippen molar-refractivity contribution in [2.45, 2.75) is 13.1 Å². The molecule has 0 aliphatic carbocycles. The number of halogens is 3. The minimum Gasteiger partial charge on any atom is -0.476 e. The van der Waals surface area contributed by atoms with Gasteiger partial charge < -0.3 is 14.9 Å². The standard InChI is InChI=1S/C18H13N3O3.C2HF3O2/c1-10-8-16(12-4-2-3-5-14(12)19-10)24-11-6-7-15-13(9-11)17(18(22)23)21-20-15;3-2(4,5)1(6)7/h2-9H,1H3,(H,20,21)(H,22,23);(H,6,7). The molecule has 2 aromatic carbocycles. The number of nitrogens with one attached hydrogen (secondary N) is 1. The van der Waals surface area contributed by atoms with Crippen LogP contribution in [0.2, 0.25) is 0 Å². The van der Waals surface area contributed by atoms with Crippen LogP contribution in [0.3, 0.4) is 0 Å². The average molecular weight is 433 g/mol. The summed E-state index contributed by atoms with van der Waals surface area (Å²) in [5, 5.41) is 24.2. The summed E-state index contributed by atoms with van der Waals surface area (Å²) >= 11 is 0. The van der Waals surface area contributed by atoms with Gasteiger partial charge in [0.05, 0.1) is 11.0 Å². The van der Waals surface area contributed by atoms with E-state index in [0.717, 1.165) is 16.6 Å². The van der Waals surface area contributed by atoms with E-state index in [-0.39, 0.29) is 5.69 Å². The van der Waals surface area contributed by atoms with E-state index in [2.05, 4.69) is 15.2 Å². The molecule has 11 heteroatoms. The van der Waals surface area contributed by atoms with E-state index in [0.29, 0.717) is 22.4 Å². The Bertz CT molecular complexity index is 1280. The molecule has 0 saturated heterocycles. The van der Waals surface area contributed by atoms with Crippen LogP contribution in [-0.2, 0) is 4.79 Å². The molecule has 0 aliphatic rings. The zero-order valence-corrected chi connectivity index (χ0v) is 15.8. The van der Waals surface area contributed by atoms with Crippen molar-refractivity contribution in [2.75, 3.05) is 0 Å². The molecule has 2 heterocycles. The summed E-state index contributed by atoms with van der Waals surface area (Å²) < 4.78 is 37.7. The lowest BCUT2D eigenvalue weighted by molar-refractivity contribution is -0.192. The van der Waals surface area contributed by atoms with Crippen LogP contribution in [0.4, 0.5) is 13.2 Å². The van der Waals surface area contributed by atoms with E-state index in [1.165, 1.54) is 0 Å². The summed E-state index contributed by atoms with van der Waals surface area (Å²) in [6.07, 6.45) is -5.08. The highest BCUT2D eigenvalue weighted by Gasteiger charge is 2.38. The number of aryl methyl sites for hydroxylation is 1. The van der Waals surface area contributed by atoms with Crippen LogP contribution in [0.15, 0.2) is 48.5 Å². The quantitative estimate of drug-likeness (QED) is 0.433. The van der Waals surface area contributed by atoms with Crippen LogP contribution in [0.25, 0.3) is 21.8 Å². The molecule has 3 N–H and O–H groups in total. The summed E-state index contributed by atoms with van der Waals surface area (Å²) in [5.74, 6) is -2.61. The van der Waals surface area contributed by atoms with E-state index in [4.69, 9.17) is 14.6 Å². The number of H-pyrrole nitrogens is 1. The third-order valence-corrected chi connectivity index (χ3v) is 4.01. The number of benzene rings is 2. The molecule has 0 spiro atoms. The molecule has 0 aliphatic heterocycles. The molecule has 0 atom stereocenters. The predicted octanol–water partition coefficient (Wildman–Crippen LogP) is 4.54. The van der Waals surface area contributed by atoms with Crippen molar-refractivity contribution in [3.8, 4) is 11.5 Å². The summed E-state index contributed by atoms with van der Waals surface area (Å²) in [6.45, 7) is 1.90. The maximum absolute atomic E-state index is 11.2. The topological polar surface area (TPSA) is 125 Å². The van der Waals surface area contributed by atoms with Crippen LogP contribution in [0, 0.1) is 6.92 Å². The largest absolute Gasteiger partial charge is 0.490 e. The zero-order valence-electron chi connectivity index (χ0n) is 15.8. The van der Waals surface area contributed by atoms with E-state index in [1.807, 2.05) is 37.3 Å². The number of nitrogens with zero attached hydrogens (tertiary/aromatic N) is 2. The second-order valence-electron chi connectivity index (χ2n) is 6.27. The van der Waals surface area contributed by atoms with Gasteiger partial charge in [-0.2, -0.15) is 18.3 Å². The Kier molecular flexibility index (Phi) is 5.77. The number of hydrogen-bond donors (Lipinski definition) is 3. The average Bonchev–Trinajstić information content (AvgIpc) is 3.11. The first-order valence-corrected chi connectivity index (χ1v) is 8.62. The number of aromatic amines is 1. The van der Waals surface area contributed by atoms with Crippen molar-refractivity contribution in [2.24, 2.45) is 0 Å². The first-order chi connectivity index (χ1) is 14.6. The summed E-state index contributed by atoms with van der Waals surface area (Å²) in [5.41, 5.74) is 2.32. The third-order valence-electron chi connectivity index (χ3n) is 4.01. The number of alkyl halides is 3. The monoisotopic (exact) mass is 433 g/mol. The molecule has 2 aromatic heterocycles. The fourth-order valence-corrected chi connectivity index (χ4v) is 2.70. The van der Waals surface area contributed by atoms with Crippen LogP contribution in [0.1, 0.15) is 16.2 Å². The lowest BCUT2D eigenvalue weighted by Gasteiger charge is -2.10. The number of carbonyl (C=O) groups is 2. The van der Waals surface area contributed by atoms with Gasteiger partial charge in [-0.3, -0.25) is 10.1 Å². The number of aromatic nitrogens is 3. The molecule has 0 saturated carbocycles. The smallest absolute Gasteiger partial charge is 0.476 e. The second kappa shape index (κ2) is 8.30. The molecule has 0 amide bonds. The first kappa shape index (κ1) is 21.6. The number of hydrogen-bond acceptors (Lipinski definition) is 5. The highest BCUT2D eigenvalue weighted by molar-refractivity contribution is 6.01. The second-order valence-corrected chi connectivity index (χ2v) is 6.27. The lowest BCUT2D eigenvalue weighted by Crippen LogP contribution is -2.21. The van der Waals surface area contributed by atoms with E-state index in [9.17, 15) is 23.1 Å². The maximum atomic E-state index is 11.2. The Labute approximate surface area is 171 Å². The van der Waals surface area contributed by atoms with Crippen LogP contribution in [0.5, 0.6) is 11.5 Å². The highest BCUT2D eigenvalue weighted by atomic mass is 19.4. The normalized spacial score (nSPS) is 11.1. The SMILES string of the molecule is Cc1cc(Oc2ccc3[nH]nc(C(=O)O)c3c2)c2ccccc2n1.O=C(O)C(F)(F)F. The lowest BCUT2D eigenvalue weighted by atomic mass is 10.1. The van der Waals surface area contributed by atoms with Gasteiger partial charge in [-0.25, -0.2) is 9.59 Å². The van der Waals surface area contributed by atoms with Crippen LogP contribution < -0.4 is 4.74 Å². The van der Waals surface area contributed by atoms with E-state index < -0.39 is 18.1 Å². The number of ether oxygens (including phenoxy) is 1. The molecule has 0 bridgehead atoms. The van der Waals surface area contributed by atoms with Crippen molar-refractivity contribution >= 4 is 33.7 Å². The van der Waals surface area contributed by atoms with Gasteiger partial charge in [0.15, 0.2) is 5.69 Å². The fourth-order valence-electron chi connectivity index (χ4n) is 2.70. The number of fused-ring (bicyclic) bond motifs is 2. The molecule has 0 fully saturated rings. The number of rotatable bonds is 3. The Morgan fingerprint density at radius 1 is 1.03 bits per heavy atom. The van der Waals surface area contributed by atoms with Crippen molar-refractivity contribution in [3.63, 3.8) is 0 Å². The summed E-state index contributed by atoms with van der Waals surface area (Å²) in [6, 6.07) is 14.8. The van der Waals surface area contributed by atoms with Crippen molar-refractivity contribution in [1.82, 2.24) is 15.2 Å². The van der Waals surface area contributed by atoms with Crippen LogP contribution >= 0.6 is 0 Å². The number of carboxylic acids is 2. The number of carboxylic acid groups (broad SMARTS) is 2. The van der Waals surface area contributed by atoms with E-state index >= 15 is 0 Å². The molecule has 8 nitrogen and oxygen atoms in total. The van der Waals surface area contributed by atoms with Gasteiger partial charge in [0.1, 0.15) is 11.5 Å². The predicted molar refractivity (Wildman–Crippen MR) is 103 cm³/mol. The minimum atomic E-state index is -5.08. The number of para-hydroxylation sites is 1. The van der Waals surface area contributed by atoms with Gasteiger partial charge in [0, 0.05) is 22.5 Å². The molecular formula is C20H14F3N3O5. The van der Waals surface area contributed by atoms with Gasteiger partial charge in [-0.05, 0) is 37.3 Å². The number of aliphatic carboxylic acids is 1. The Morgan fingerprint density at radius 3 is 2.35 bits per heavy atom. The maximum Gasteiger partial charge on any atom is 0.490 e. The third kappa shape index (κ3) is 4.89. The molecule has 0 radical (unpaired) electrons. The first-order valence-electron chi connectivity index (χ1n) is 8.62. The summed E-state index contributed by atoms with van der Waals surface area (Å²) in [4.78, 5) is 24.6. The fraction of sp³-hybridized carbons (Fsp3) is 0.100. The molecule has 0 unspecified atom stereocenters. The van der Waals surface area contributed by atoms with Crippen molar-refractivity contribution in [1.29, 1.82) is 0 Å². The van der Waals surface area contributed by atoms with Gasteiger partial charge in [-0.1, -0.05) is 12.1 Å². The van der Waals surface area contributed by atoms with Crippen molar-refractivity contribution < 1.29 is 37.7 Å². The Hall–Kier alpha value is -4.15. The molecular weight excluding hydrogens is 419 g/mol. The van der Waals surface area contributed by atoms with Crippen molar-refractivity contribution in [3.05, 3.63) is 59.9 Å². The Balaban J connectivity index is 0.000000339. The zero-order chi connectivity index (χ0) is 22.8.